The number of aromatic nitrogens is 5. The van der Waals surface area contributed by atoms with Crippen LogP contribution in [0.5, 0.6) is 0 Å². The fourth-order valence-electron chi connectivity index (χ4n) is 3.40. The van der Waals surface area contributed by atoms with Gasteiger partial charge >= 0.3 is 0 Å². The smallest absolute Gasteiger partial charge is 0.290 e. The lowest BCUT2D eigenvalue weighted by molar-refractivity contribution is -0.123. The molecule has 0 radical (unpaired) electrons. The maximum absolute atomic E-state index is 11.8. The topological polar surface area (TPSA) is 126 Å². The molecule has 2 aromatic carbocycles. The minimum Gasteiger partial charge on any atom is -0.483 e. The molecule has 1 amide bonds. The molecule has 4 rings (SSSR count). The van der Waals surface area contributed by atoms with E-state index >= 15 is 0 Å². The molecular weight excluding hydrogens is 408 g/mol. The molecule has 0 bridgehead atoms. The Labute approximate surface area is 185 Å². The normalized spacial score (nSPS) is 10.4. The van der Waals surface area contributed by atoms with Gasteiger partial charge < -0.3 is 15.4 Å². The van der Waals surface area contributed by atoms with E-state index in [2.05, 4.69) is 49.6 Å². The van der Waals surface area contributed by atoms with E-state index in [4.69, 9.17) is 9.90 Å². The van der Waals surface area contributed by atoms with Crippen molar-refractivity contribution in [3.05, 3.63) is 77.1 Å². The number of rotatable bonds is 7. The van der Waals surface area contributed by atoms with Gasteiger partial charge in [0.1, 0.15) is 11.6 Å². The number of nitrogens with one attached hydrogen (secondary N) is 2. The molecule has 2 aromatic heterocycles. The first-order valence-corrected chi connectivity index (χ1v) is 10.2. The number of carbonyl (C=O) groups excluding carboxylic acids is 1. The summed E-state index contributed by atoms with van der Waals surface area (Å²) < 4.78 is 1.92. The van der Waals surface area contributed by atoms with Gasteiger partial charge in [-0.3, -0.25) is 9.59 Å². The Morgan fingerprint density at radius 2 is 1.91 bits per heavy atom. The number of likely N-dealkylation sites (N-methyl/N-ethyl adjacent to an activating group) is 1. The van der Waals surface area contributed by atoms with Gasteiger partial charge in [0, 0.05) is 20.0 Å². The average molecular weight is 435 g/mol. The van der Waals surface area contributed by atoms with Gasteiger partial charge in [0.15, 0.2) is 5.82 Å². The van der Waals surface area contributed by atoms with Crippen molar-refractivity contribution in [3.63, 3.8) is 0 Å². The Kier molecular flexibility index (Phi) is 7.69. The lowest BCUT2D eigenvalue weighted by atomic mass is 10.1. The highest BCUT2D eigenvalue weighted by Crippen LogP contribution is 2.16. The Bertz CT molecular complexity index is 1180. The molecule has 3 N–H and O–H groups in total. The highest BCUT2D eigenvalue weighted by atomic mass is 16.3. The minimum atomic E-state index is -0.250. The maximum atomic E-state index is 11.8. The highest BCUT2D eigenvalue weighted by Gasteiger charge is 2.14. The molecular formula is C23H26N6O3. The van der Waals surface area contributed by atoms with Crippen LogP contribution in [-0.2, 0) is 35.4 Å². The summed E-state index contributed by atoms with van der Waals surface area (Å²) >= 11 is 0. The van der Waals surface area contributed by atoms with E-state index in [1.807, 2.05) is 35.9 Å². The quantitative estimate of drug-likeness (QED) is 0.383. The predicted molar refractivity (Wildman–Crippen MR) is 120 cm³/mol. The third-order valence-electron chi connectivity index (χ3n) is 4.87. The van der Waals surface area contributed by atoms with E-state index in [0.717, 1.165) is 34.7 Å². The standard InChI is InChI=1S/C22H24N6O.CH2O2/c1-15-24-18-9-8-17(12-19(18)25-15)13-21-26-20(14-22(29)23-2)27-28(21)11-10-16-6-4-3-5-7-16;2-1-3/h3-9,12H,10-11,13-14H2,1-2H3,(H,23,29)(H,24,25);1H,(H,2,3). The third kappa shape index (κ3) is 6.00. The largest absolute Gasteiger partial charge is 0.483 e. The molecule has 0 aliphatic heterocycles. The van der Waals surface area contributed by atoms with Crippen molar-refractivity contribution in [2.24, 2.45) is 0 Å². The first-order valence-electron chi connectivity index (χ1n) is 10.2. The second kappa shape index (κ2) is 10.9. The molecule has 0 saturated heterocycles. The summed E-state index contributed by atoms with van der Waals surface area (Å²) in [5, 5.41) is 14.1. The fraction of sp³-hybridized carbons (Fsp3) is 0.261. The summed E-state index contributed by atoms with van der Waals surface area (Å²) in [6, 6.07) is 16.5. The van der Waals surface area contributed by atoms with Crippen LogP contribution < -0.4 is 5.32 Å². The van der Waals surface area contributed by atoms with Crippen molar-refractivity contribution < 1.29 is 14.7 Å². The summed E-state index contributed by atoms with van der Waals surface area (Å²) in [5.74, 6) is 2.21. The van der Waals surface area contributed by atoms with Gasteiger partial charge in [-0.15, -0.1) is 0 Å². The highest BCUT2D eigenvalue weighted by molar-refractivity contribution is 5.77. The van der Waals surface area contributed by atoms with Gasteiger partial charge in [-0.05, 0) is 36.6 Å². The van der Waals surface area contributed by atoms with Gasteiger partial charge in [0.2, 0.25) is 5.91 Å². The van der Waals surface area contributed by atoms with Crippen molar-refractivity contribution in [1.29, 1.82) is 0 Å². The van der Waals surface area contributed by atoms with Gasteiger partial charge in [0.05, 0.1) is 17.5 Å². The Morgan fingerprint density at radius 3 is 2.62 bits per heavy atom. The molecule has 0 spiro atoms. The Balaban J connectivity index is 0.000000913. The van der Waals surface area contributed by atoms with Crippen LogP contribution >= 0.6 is 0 Å². The summed E-state index contributed by atoms with van der Waals surface area (Å²) in [5.41, 5.74) is 4.34. The number of aryl methyl sites for hydroxylation is 3. The number of aromatic amines is 1. The summed E-state index contributed by atoms with van der Waals surface area (Å²) in [4.78, 5) is 32.5. The number of imidazole rings is 1. The Hall–Kier alpha value is -4.01. The molecule has 0 unspecified atom stereocenters. The monoisotopic (exact) mass is 434 g/mol. The number of hydrogen-bond donors (Lipinski definition) is 3. The number of carboxylic acid groups (broad SMARTS) is 1. The molecule has 32 heavy (non-hydrogen) atoms. The van der Waals surface area contributed by atoms with Gasteiger partial charge in [-0.1, -0.05) is 36.4 Å². The molecule has 4 aromatic rings. The fourth-order valence-corrected chi connectivity index (χ4v) is 3.40. The number of amides is 1. The van der Waals surface area contributed by atoms with Crippen LogP contribution in [0.3, 0.4) is 0 Å². The Morgan fingerprint density at radius 1 is 1.16 bits per heavy atom. The zero-order valence-corrected chi connectivity index (χ0v) is 18.1. The van der Waals surface area contributed by atoms with Gasteiger partial charge in [-0.25, -0.2) is 14.6 Å². The number of fused-ring (bicyclic) bond motifs is 1. The van der Waals surface area contributed by atoms with Crippen molar-refractivity contribution in [1.82, 2.24) is 30.0 Å². The lowest BCUT2D eigenvalue weighted by Crippen LogP contribution is -2.20. The molecule has 0 aliphatic carbocycles. The molecule has 9 nitrogen and oxygen atoms in total. The molecule has 166 valence electrons. The van der Waals surface area contributed by atoms with Crippen molar-refractivity contribution in [2.75, 3.05) is 7.05 Å². The molecule has 2 heterocycles. The summed E-state index contributed by atoms with van der Waals surface area (Å²) in [6.07, 6.45) is 1.68. The van der Waals surface area contributed by atoms with Crippen LogP contribution in [0, 0.1) is 6.92 Å². The number of H-pyrrole nitrogens is 1. The van der Waals surface area contributed by atoms with E-state index in [0.29, 0.717) is 18.8 Å². The number of carbonyl (C=O) groups is 2. The van der Waals surface area contributed by atoms with E-state index in [1.165, 1.54) is 5.56 Å². The van der Waals surface area contributed by atoms with Crippen LogP contribution in [0.4, 0.5) is 0 Å². The molecule has 0 fully saturated rings. The van der Waals surface area contributed by atoms with Crippen LogP contribution in [0.2, 0.25) is 0 Å². The van der Waals surface area contributed by atoms with Crippen LogP contribution in [0.1, 0.15) is 28.6 Å². The third-order valence-corrected chi connectivity index (χ3v) is 4.87. The number of hydrogen-bond acceptors (Lipinski definition) is 5. The van der Waals surface area contributed by atoms with E-state index in [9.17, 15) is 4.79 Å². The van der Waals surface area contributed by atoms with Crippen LogP contribution in [0.25, 0.3) is 11.0 Å². The maximum Gasteiger partial charge on any atom is 0.290 e. The van der Waals surface area contributed by atoms with Gasteiger partial charge in [-0.2, -0.15) is 5.10 Å². The second-order valence-electron chi connectivity index (χ2n) is 7.21. The van der Waals surface area contributed by atoms with Crippen LogP contribution in [0.15, 0.2) is 48.5 Å². The van der Waals surface area contributed by atoms with Crippen molar-refractivity contribution >= 4 is 23.4 Å². The molecule has 0 atom stereocenters. The first kappa shape index (κ1) is 22.7. The van der Waals surface area contributed by atoms with E-state index in [1.54, 1.807) is 7.05 Å². The molecule has 9 heteroatoms. The number of benzene rings is 2. The van der Waals surface area contributed by atoms with Crippen molar-refractivity contribution in [2.45, 2.75) is 32.7 Å². The predicted octanol–water partition coefficient (Wildman–Crippen LogP) is 2.29. The SMILES string of the molecule is CNC(=O)Cc1nc(Cc2ccc3nc(C)[nH]c3c2)n(CCc2ccccc2)n1.O=CO. The average Bonchev–Trinajstić information content (AvgIpc) is 3.34. The lowest BCUT2D eigenvalue weighted by Gasteiger charge is -2.06. The molecule has 0 saturated carbocycles. The van der Waals surface area contributed by atoms with E-state index < -0.39 is 0 Å². The zero-order chi connectivity index (χ0) is 22.9. The summed E-state index contributed by atoms with van der Waals surface area (Å²) in [6.45, 7) is 2.41. The van der Waals surface area contributed by atoms with Gasteiger partial charge in [0.25, 0.3) is 6.47 Å². The van der Waals surface area contributed by atoms with E-state index in [-0.39, 0.29) is 18.8 Å². The number of nitrogens with zero attached hydrogens (tertiary/aromatic N) is 4. The second-order valence-corrected chi connectivity index (χ2v) is 7.21. The molecule has 0 aliphatic rings. The van der Waals surface area contributed by atoms with Crippen molar-refractivity contribution in [3.8, 4) is 0 Å². The first-order chi connectivity index (χ1) is 15.5. The van der Waals surface area contributed by atoms with Crippen LogP contribution in [-0.4, -0.2) is 49.3 Å². The zero-order valence-electron chi connectivity index (χ0n) is 18.1. The minimum absolute atomic E-state index is 0.0916. The summed E-state index contributed by atoms with van der Waals surface area (Å²) in [7, 11) is 1.62.